The van der Waals surface area contributed by atoms with E-state index >= 15 is 0 Å². The fraction of sp³-hybridized carbons (Fsp3) is 0.294. The molecule has 0 saturated carbocycles. The molecule has 0 aromatic heterocycles. The van der Waals surface area contributed by atoms with E-state index in [-0.39, 0.29) is 51.3 Å². The second-order valence-corrected chi connectivity index (χ2v) is 8.94. The standard InChI is InChI=1S/C34H36N2O8/c1-3-18-39-22-24-43-31-12-8-29(9-13-31)41-20-16-35-33(37)27-6-5-7-28(26-27)34(38)36-17-21-42-30-10-14-32(15-11-30)44-25-23-40-19-4-2/h1-2,5-15,26H,16-25H2,(H,35,37)(H,36,38). The lowest BCUT2D eigenvalue weighted by Crippen LogP contribution is -2.30. The number of carbonyl (C=O) groups is 2. The van der Waals surface area contributed by atoms with Crippen molar-refractivity contribution in [1.29, 1.82) is 0 Å². The minimum absolute atomic E-state index is 0.255. The Morgan fingerprint density at radius 2 is 0.909 bits per heavy atom. The molecule has 3 rings (SSSR count). The van der Waals surface area contributed by atoms with Gasteiger partial charge in [0, 0.05) is 11.1 Å². The third-order valence-corrected chi connectivity index (χ3v) is 5.71. The first kappa shape index (κ1) is 33.3. The minimum atomic E-state index is -0.310. The molecule has 44 heavy (non-hydrogen) atoms. The Kier molecular flexibility index (Phi) is 15.1. The maximum atomic E-state index is 12.6. The van der Waals surface area contributed by atoms with Crippen LogP contribution in [0.2, 0.25) is 0 Å². The zero-order valence-electron chi connectivity index (χ0n) is 24.4. The van der Waals surface area contributed by atoms with Crippen LogP contribution in [0.3, 0.4) is 0 Å². The van der Waals surface area contributed by atoms with Gasteiger partial charge in [-0.25, -0.2) is 0 Å². The van der Waals surface area contributed by atoms with E-state index in [0.717, 1.165) is 0 Å². The summed E-state index contributed by atoms with van der Waals surface area (Å²) in [4.78, 5) is 25.2. The van der Waals surface area contributed by atoms with Crippen LogP contribution in [-0.4, -0.2) is 77.8 Å². The molecule has 10 nitrogen and oxygen atoms in total. The van der Waals surface area contributed by atoms with Crippen LogP contribution < -0.4 is 29.6 Å². The van der Waals surface area contributed by atoms with Crippen LogP contribution in [-0.2, 0) is 9.47 Å². The molecule has 2 amide bonds. The van der Waals surface area contributed by atoms with Crippen LogP contribution >= 0.6 is 0 Å². The van der Waals surface area contributed by atoms with Gasteiger partial charge < -0.3 is 39.1 Å². The summed E-state index contributed by atoms with van der Waals surface area (Å²) in [7, 11) is 0. The van der Waals surface area contributed by atoms with E-state index in [1.807, 2.05) is 0 Å². The van der Waals surface area contributed by atoms with Crippen molar-refractivity contribution in [2.45, 2.75) is 0 Å². The Balaban J connectivity index is 1.31. The number of amides is 2. The van der Waals surface area contributed by atoms with Crippen LogP contribution in [0.5, 0.6) is 23.0 Å². The highest BCUT2D eigenvalue weighted by molar-refractivity contribution is 5.99. The molecule has 0 saturated heterocycles. The van der Waals surface area contributed by atoms with Crippen molar-refractivity contribution in [3.05, 3.63) is 83.9 Å². The zero-order valence-corrected chi connectivity index (χ0v) is 24.4. The zero-order chi connectivity index (χ0) is 31.2. The Morgan fingerprint density at radius 3 is 1.27 bits per heavy atom. The van der Waals surface area contributed by atoms with E-state index < -0.39 is 0 Å². The number of benzene rings is 3. The van der Waals surface area contributed by atoms with E-state index in [4.69, 9.17) is 41.3 Å². The van der Waals surface area contributed by atoms with E-state index in [0.29, 0.717) is 60.6 Å². The minimum Gasteiger partial charge on any atom is -0.492 e. The second kappa shape index (κ2) is 19.9. The van der Waals surface area contributed by atoms with Gasteiger partial charge in [-0.05, 0) is 66.7 Å². The Bertz CT molecular complexity index is 1280. The molecule has 0 unspecified atom stereocenters. The van der Waals surface area contributed by atoms with Gasteiger partial charge in [-0.1, -0.05) is 17.9 Å². The quantitative estimate of drug-likeness (QED) is 0.150. The van der Waals surface area contributed by atoms with Crippen molar-refractivity contribution in [3.63, 3.8) is 0 Å². The monoisotopic (exact) mass is 600 g/mol. The van der Waals surface area contributed by atoms with E-state index in [1.54, 1.807) is 72.8 Å². The Morgan fingerprint density at radius 1 is 0.545 bits per heavy atom. The summed E-state index contributed by atoms with van der Waals surface area (Å²) in [6.45, 7) is 3.21. The van der Waals surface area contributed by atoms with Gasteiger partial charge in [0.15, 0.2) is 0 Å². The van der Waals surface area contributed by atoms with Crippen LogP contribution in [0.1, 0.15) is 20.7 Å². The molecular weight excluding hydrogens is 564 g/mol. The van der Waals surface area contributed by atoms with Crippen LogP contribution in [0.4, 0.5) is 0 Å². The van der Waals surface area contributed by atoms with Gasteiger partial charge in [-0.2, -0.15) is 0 Å². The van der Waals surface area contributed by atoms with Crippen LogP contribution in [0, 0.1) is 24.7 Å². The predicted molar refractivity (Wildman–Crippen MR) is 165 cm³/mol. The largest absolute Gasteiger partial charge is 0.492 e. The fourth-order valence-corrected chi connectivity index (χ4v) is 3.64. The van der Waals surface area contributed by atoms with Gasteiger partial charge in [-0.3, -0.25) is 9.59 Å². The molecule has 0 aliphatic rings. The molecule has 0 radical (unpaired) electrons. The Hall–Kier alpha value is -5.16. The van der Waals surface area contributed by atoms with E-state index in [2.05, 4.69) is 22.5 Å². The average Bonchev–Trinajstić information content (AvgIpc) is 3.06. The van der Waals surface area contributed by atoms with Gasteiger partial charge in [0.05, 0.1) is 26.3 Å². The number of hydrogen-bond donors (Lipinski definition) is 2. The smallest absolute Gasteiger partial charge is 0.251 e. The molecular formula is C34H36N2O8. The summed E-state index contributed by atoms with van der Waals surface area (Å²) in [6.07, 6.45) is 10.2. The van der Waals surface area contributed by atoms with Crippen molar-refractivity contribution in [2.24, 2.45) is 0 Å². The fourth-order valence-electron chi connectivity index (χ4n) is 3.64. The van der Waals surface area contributed by atoms with Crippen LogP contribution in [0.25, 0.3) is 0 Å². The molecule has 2 N–H and O–H groups in total. The van der Waals surface area contributed by atoms with Crippen molar-refractivity contribution >= 4 is 11.8 Å². The van der Waals surface area contributed by atoms with E-state index in [1.165, 1.54) is 0 Å². The summed E-state index contributed by atoms with van der Waals surface area (Å²) < 4.78 is 32.8. The molecule has 0 bridgehead atoms. The number of terminal acetylenes is 2. The lowest BCUT2D eigenvalue weighted by molar-refractivity contribution is 0.0946. The number of rotatable bonds is 20. The lowest BCUT2D eigenvalue weighted by Gasteiger charge is -2.11. The highest BCUT2D eigenvalue weighted by Gasteiger charge is 2.10. The summed E-state index contributed by atoms with van der Waals surface area (Å²) in [6, 6.07) is 20.7. The molecule has 0 fully saturated rings. The van der Waals surface area contributed by atoms with E-state index in [9.17, 15) is 9.59 Å². The number of nitrogens with one attached hydrogen (secondary N) is 2. The number of ether oxygens (including phenoxy) is 6. The first-order valence-corrected chi connectivity index (χ1v) is 14.0. The molecule has 3 aromatic carbocycles. The van der Waals surface area contributed by atoms with Crippen LogP contribution in [0.15, 0.2) is 72.8 Å². The van der Waals surface area contributed by atoms with Crippen molar-refractivity contribution < 1.29 is 38.0 Å². The van der Waals surface area contributed by atoms with Crippen molar-refractivity contribution in [2.75, 3.05) is 65.9 Å². The highest BCUT2D eigenvalue weighted by Crippen LogP contribution is 2.18. The SMILES string of the molecule is C#CCOCCOc1ccc(OCCNC(=O)c2cccc(C(=O)NCCOc3ccc(OCCOCC#C)cc3)c2)cc1. The molecule has 3 aromatic rings. The second-order valence-electron chi connectivity index (χ2n) is 8.94. The average molecular weight is 601 g/mol. The summed E-state index contributed by atoms with van der Waals surface area (Å²) in [5.74, 6) is 6.81. The topological polar surface area (TPSA) is 114 Å². The molecule has 10 heteroatoms. The first-order valence-electron chi connectivity index (χ1n) is 14.0. The maximum absolute atomic E-state index is 12.6. The molecule has 0 heterocycles. The molecule has 0 aliphatic heterocycles. The first-order chi connectivity index (χ1) is 21.6. The van der Waals surface area contributed by atoms with Crippen molar-refractivity contribution in [3.8, 4) is 47.7 Å². The third kappa shape index (κ3) is 12.8. The van der Waals surface area contributed by atoms with Gasteiger partial charge in [0.25, 0.3) is 11.8 Å². The highest BCUT2D eigenvalue weighted by atomic mass is 16.5. The number of hydrogen-bond acceptors (Lipinski definition) is 8. The summed E-state index contributed by atoms with van der Waals surface area (Å²) in [5.41, 5.74) is 0.734. The third-order valence-electron chi connectivity index (χ3n) is 5.71. The lowest BCUT2D eigenvalue weighted by atomic mass is 10.1. The number of carbonyl (C=O) groups excluding carboxylic acids is 2. The normalized spacial score (nSPS) is 10.1. The van der Waals surface area contributed by atoms with Gasteiger partial charge >= 0.3 is 0 Å². The Labute approximate surface area is 257 Å². The van der Waals surface area contributed by atoms with Gasteiger partial charge in [-0.15, -0.1) is 12.8 Å². The molecule has 0 aliphatic carbocycles. The molecule has 0 atom stereocenters. The van der Waals surface area contributed by atoms with Crippen molar-refractivity contribution in [1.82, 2.24) is 10.6 Å². The molecule has 0 spiro atoms. The predicted octanol–water partition coefficient (Wildman–Crippen LogP) is 3.36. The maximum Gasteiger partial charge on any atom is 0.251 e. The van der Waals surface area contributed by atoms with Gasteiger partial charge in [0.1, 0.15) is 62.6 Å². The summed E-state index contributed by atoms with van der Waals surface area (Å²) in [5, 5.41) is 5.59. The summed E-state index contributed by atoms with van der Waals surface area (Å²) >= 11 is 0. The molecule has 230 valence electrons. The van der Waals surface area contributed by atoms with Gasteiger partial charge in [0.2, 0.25) is 0 Å².